The van der Waals surface area contributed by atoms with Crippen LogP contribution in [0.15, 0.2) is 0 Å². The summed E-state index contributed by atoms with van der Waals surface area (Å²) < 4.78 is 10.3. The molecule has 3 nitrogen and oxygen atoms in total. The normalized spacial score (nSPS) is 10.8. The van der Waals surface area contributed by atoms with Gasteiger partial charge in [-0.25, -0.2) is 0 Å². The minimum atomic E-state index is -0.194. The molecule has 0 atom stereocenters. The molecule has 0 aromatic rings. The molecule has 0 aromatic heterocycles. The standard InChI is InChI=1S/C6H14O3Si/c1-3-8-6(9-4-2)10-5-7/h6-7H,3-5H2,1-2H3. The van der Waals surface area contributed by atoms with Gasteiger partial charge in [-0.3, -0.25) is 0 Å². The molecule has 0 rings (SSSR count). The van der Waals surface area contributed by atoms with Gasteiger partial charge in [0, 0.05) is 19.4 Å². The number of ether oxygens (including phenoxy) is 2. The molecule has 4 heteroatoms. The van der Waals surface area contributed by atoms with Crippen molar-refractivity contribution in [2.24, 2.45) is 0 Å². The van der Waals surface area contributed by atoms with Crippen LogP contribution in [0.3, 0.4) is 0 Å². The first-order valence-electron chi connectivity index (χ1n) is 3.42. The highest BCUT2D eigenvalue weighted by Crippen LogP contribution is 1.91. The number of hydrogen-bond acceptors (Lipinski definition) is 3. The van der Waals surface area contributed by atoms with Crippen LogP contribution in [0.25, 0.3) is 0 Å². The van der Waals surface area contributed by atoms with Crippen LogP contribution in [0, 0.1) is 0 Å². The summed E-state index contributed by atoms with van der Waals surface area (Å²) in [5.74, 6) is -0.194. The van der Waals surface area contributed by atoms with Crippen molar-refractivity contribution in [2.75, 3.05) is 19.4 Å². The van der Waals surface area contributed by atoms with E-state index >= 15 is 0 Å². The Morgan fingerprint density at radius 2 is 1.80 bits per heavy atom. The summed E-state index contributed by atoms with van der Waals surface area (Å²) in [4.78, 5) is 0. The minimum absolute atomic E-state index is 0.144. The summed E-state index contributed by atoms with van der Waals surface area (Å²) in [5, 5.41) is 8.54. The molecule has 2 radical (unpaired) electrons. The zero-order chi connectivity index (χ0) is 7.82. The molecule has 0 bridgehead atoms. The van der Waals surface area contributed by atoms with Gasteiger partial charge in [0.25, 0.3) is 0 Å². The quantitative estimate of drug-likeness (QED) is 0.441. The first kappa shape index (κ1) is 10.1. The van der Waals surface area contributed by atoms with Gasteiger partial charge >= 0.3 is 0 Å². The lowest BCUT2D eigenvalue weighted by atomic mass is 10.9. The first-order valence-corrected chi connectivity index (χ1v) is 4.71. The third kappa shape index (κ3) is 4.93. The van der Waals surface area contributed by atoms with Crippen LogP contribution in [0.2, 0.25) is 0 Å². The van der Waals surface area contributed by atoms with Gasteiger partial charge in [0.05, 0.1) is 0 Å². The fourth-order valence-electron chi connectivity index (χ4n) is 0.543. The number of rotatable bonds is 6. The van der Waals surface area contributed by atoms with Crippen LogP contribution in [0.1, 0.15) is 13.8 Å². The number of aliphatic hydroxyl groups is 1. The highest BCUT2D eigenvalue weighted by Gasteiger charge is 2.06. The zero-order valence-corrected chi connectivity index (χ0v) is 7.46. The molecule has 10 heavy (non-hydrogen) atoms. The predicted molar refractivity (Wildman–Crippen MR) is 39.9 cm³/mol. The van der Waals surface area contributed by atoms with E-state index in [1.807, 2.05) is 13.8 Å². The highest BCUT2D eigenvalue weighted by molar-refractivity contribution is 6.36. The Labute approximate surface area is 64.2 Å². The second-order valence-corrected chi connectivity index (χ2v) is 2.80. The summed E-state index contributed by atoms with van der Waals surface area (Å²) in [5.41, 5.74) is 0. The monoisotopic (exact) mass is 162 g/mol. The molecule has 0 saturated heterocycles. The Balaban J connectivity index is 3.30. The van der Waals surface area contributed by atoms with E-state index in [4.69, 9.17) is 14.6 Å². The van der Waals surface area contributed by atoms with Crippen LogP contribution in [0.5, 0.6) is 0 Å². The van der Waals surface area contributed by atoms with Crippen molar-refractivity contribution in [3.63, 3.8) is 0 Å². The van der Waals surface area contributed by atoms with E-state index in [-0.39, 0.29) is 12.1 Å². The third-order valence-electron chi connectivity index (χ3n) is 0.894. The Hall–Kier alpha value is 0.0969. The van der Waals surface area contributed by atoms with E-state index in [2.05, 4.69) is 0 Å². The summed E-state index contributed by atoms with van der Waals surface area (Å²) >= 11 is 0. The average Bonchev–Trinajstić information content (AvgIpc) is 1.90. The molecule has 0 saturated carbocycles. The van der Waals surface area contributed by atoms with Crippen molar-refractivity contribution in [3.05, 3.63) is 0 Å². The zero-order valence-electron chi connectivity index (χ0n) is 6.46. The Morgan fingerprint density at radius 3 is 2.10 bits per heavy atom. The fraction of sp³-hybridized carbons (Fsp3) is 1.00. The van der Waals surface area contributed by atoms with Gasteiger partial charge in [0.15, 0.2) is 0 Å². The fourth-order valence-corrected chi connectivity index (χ4v) is 1.26. The second-order valence-electron chi connectivity index (χ2n) is 1.60. The summed E-state index contributed by atoms with van der Waals surface area (Å²) in [6.45, 7) is 5.09. The topological polar surface area (TPSA) is 38.7 Å². The molecule has 0 aliphatic heterocycles. The SMILES string of the molecule is CCOC(OCC)[Si]CO. The van der Waals surface area contributed by atoms with Gasteiger partial charge in [-0.2, -0.15) is 0 Å². The van der Waals surface area contributed by atoms with Crippen molar-refractivity contribution in [1.29, 1.82) is 0 Å². The maximum atomic E-state index is 8.54. The molecule has 0 fully saturated rings. The van der Waals surface area contributed by atoms with Crippen molar-refractivity contribution >= 4 is 9.52 Å². The lowest BCUT2D eigenvalue weighted by Gasteiger charge is -2.14. The molecule has 60 valence electrons. The highest BCUT2D eigenvalue weighted by atomic mass is 28.2. The number of hydrogen-bond donors (Lipinski definition) is 1. The minimum Gasteiger partial charge on any atom is -0.400 e. The van der Waals surface area contributed by atoms with E-state index < -0.39 is 0 Å². The largest absolute Gasteiger partial charge is 0.400 e. The van der Waals surface area contributed by atoms with Gasteiger partial charge in [-0.05, 0) is 13.8 Å². The average molecular weight is 162 g/mol. The molecule has 0 aromatic carbocycles. The molecule has 0 spiro atoms. The molecule has 0 aliphatic rings. The van der Waals surface area contributed by atoms with E-state index in [0.29, 0.717) is 22.7 Å². The predicted octanol–water partition coefficient (Wildman–Crippen LogP) is -0.00300. The van der Waals surface area contributed by atoms with E-state index in [1.165, 1.54) is 0 Å². The van der Waals surface area contributed by atoms with Crippen molar-refractivity contribution in [2.45, 2.75) is 19.8 Å². The van der Waals surface area contributed by atoms with Crippen LogP contribution in [0.4, 0.5) is 0 Å². The van der Waals surface area contributed by atoms with Crippen molar-refractivity contribution < 1.29 is 14.6 Å². The van der Waals surface area contributed by atoms with Gasteiger partial charge in [0.2, 0.25) is 0 Å². The first-order chi connectivity index (χ1) is 4.85. The Kier molecular flexibility index (Phi) is 7.28. The molecular weight excluding hydrogens is 148 g/mol. The smallest absolute Gasteiger partial charge is 0.149 e. The third-order valence-corrected chi connectivity index (χ3v) is 1.74. The maximum Gasteiger partial charge on any atom is 0.149 e. The lowest BCUT2D eigenvalue weighted by Crippen LogP contribution is -2.27. The lowest BCUT2D eigenvalue weighted by molar-refractivity contribution is -0.0837. The van der Waals surface area contributed by atoms with E-state index in [9.17, 15) is 0 Å². The van der Waals surface area contributed by atoms with E-state index in [1.54, 1.807) is 0 Å². The number of aliphatic hydroxyl groups excluding tert-OH is 1. The summed E-state index contributed by atoms with van der Waals surface area (Å²) in [6, 6.07) is 0. The van der Waals surface area contributed by atoms with Crippen LogP contribution in [-0.2, 0) is 9.47 Å². The molecule has 0 amide bonds. The van der Waals surface area contributed by atoms with Gasteiger partial charge in [-0.15, -0.1) is 0 Å². The summed E-state index contributed by atoms with van der Waals surface area (Å²) in [7, 11) is 0.331. The molecule has 0 aliphatic carbocycles. The summed E-state index contributed by atoms with van der Waals surface area (Å²) in [6.07, 6.45) is 0.144. The second kappa shape index (κ2) is 7.21. The Morgan fingerprint density at radius 1 is 1.30 bits per heavy atom. The van der Waals surface area contributed by atoms with Gasteiger partial charge in [-0.1, -0.05) is 0 Å². The molecule has 1 N–H and O–H groups in total. The molecule has 0 heterocycles. The maximum absolute atomic E-state index is 8.54. The molecule has 0 unspecified atom stereocenters. The van der Waals surface area contributed by atoms with Crippen LogP contribution in [-0.4, -0.2) is 40.0 Å². The van der Waals surface area contributed by atoms with Gasteiger partial charge < -0.3 is 14.6 Å². The van der Waals surface area contributed by atoms with Crippen molar-refractivity contribution in [1.82, 2.24) is 0 Å². The van der Waals surface area contributed by atoms with Crippen LogP contribution >= 0.6 is 0 Å². The van der Waals surface area contributed by atoms with Crippen molar-refractivity contribution in [3.8, 4) is 0 Å². The van der Waals surface area contributed by atoms with Crippen LogP contribution < -0.4 is 0 Å². The molecular formula is C6H14O3Si. The Bertz CT molecular complexity index is 55.7. The van der Waals surface area contributed by atoms with Gasteiger partial charge in [0.1, 0.15) is 15.4 Å². The van der Waals surface area contributed by atoms with E-state index in [0.717, 1.165) is 0 Å².